The Morgan fingerprint density at radius 1 is 1.00 bits per heavy atom. The van der Waals surface area contributed by atoms with Crippen LogP contribution in [0.25, 0.3) is 0 Å². The molecule has 176 valence electrons. The first-order valence-electron chi connectivity index (χ1n) is 10.3. The van der Waals surface area contributed by atoms with Gasteiger partial charge in [0.1, 0.15) is 4.90 Å². The summed E-state index contributed by atoms with van der Waals surface area (Å²) in [5.41, 5.74) is 1.74. The van der Waals surface area contributed by atoms with Gasteiger partial charge in [0.15, 0.2) is 0 Å². The highest BCUT2D eigenvalue weighted by atomic mass is 35.5. The molecule has 3 aromatic carbocycles. The van der Waals surface area contributed by atoms with Crippen LogP contribution in [0.3, 0.4) is 0 Å². The summed E-state index contributed by atoms with van der Waals surface area (Å²) in [4.78, 5) is 25.6. The van der Waals surface area contributed by atoms with Crippen molar-refractivity contribution in [2.45, 2.75) is 11.8 Å². The maximum Gasteiger partial charge on any atom is 0.266 e. The third kappa shape index (κ3) is 5.47. The standard InChI is InChI=1S/C25H24ClN3O4S/c1-4-16-29(22-8-6-5-7-9-22)34(32,33)24-17-19(10-15-23(24)26)25(31)27-20-11-13-21(14-12-20)28(3)18(2)30/h4-15,17H,1,16H2,2-3H3,(H,27,31). The number of anilines is 3. The lowest BCUT2D eigenvalue weighted by Gasteiger charge is -2.24. The van der Waals surface area contributed by atoms with E-state index < -0.39 is 15.9 Å². The molecule has 0 aliphatic heterocycles. The average Bonchev–Trinajstić information content (AvgIpc) is 2.83. The van der Waals surface area contributed by atoms with Gasteiger partial charge in [-0.15, -0.1) is 6.58 Å². The molecule has 1 N–H and O–H groups in total. The number of benzene rings is 3. The van der Waals surface area contributed by atoms with E-state index in [1.165, 1.54) is 40.4 Å². The lowest BCUT2D eigenvalue weighted by atomic mass is 10.2. The molecular weight excluding hydrogens is 474 g/mol. The van der Waals surface area contributed by atoms with E-state index in [0.717, 1.165) is 0 Å². The van der Waals surface area contributed by atoms with E-state index in [4.69, 9.17) is 11.6 Å². The molecule has 0 spiro atoms. The first-order valence-corrected chi connectivity index (χ1v) is 12.1. The van der Waals surface area contributed by atoms with Crippen LogP contribution in [0.2, 0.25) is 5.02 Å². The Kier molecular flexibility index (Phi) is 7.75. The monoisotopic (exact) mass is 497 g/mol. The number of hydrogen-bond donors (Lipinski definition) is 1. The Morgan fingerprint density at radius 2 is 1.65 bits per heavy atom. The van der Waals surface area contributed by atoms with Crippen molar-refractivity contribution < 1.29 is 18.0 Å². The van der Waals surface area contributed by atoms with Crippen LogP contribution in [0.5, 0.6) is 0 Å². The molecule has 0 atom stereocenters. The van der Waals surface area contributed by atoms with E-state index in [1.54, 1.807) is 61.6 Å². The van der Waals surface area contributed by atoms with Gasteiger partial charge >= 0.3 is 0 Å². The molecule has 0 radical (unpaired) electrons. The number of carbonyl (C=O) groups excluding carboxylic acids is 2. The first kappa shape index (κ1) is 25.0. The van der Waals surface area contributed by atoms with Crippen LogP contribution in [0, 0.1) is 0 Å². The SMILES string of the molecule is C=CCN(c1ccccc1)S(=O)(=O)c1cc(C(=O)Nc2ccc(N(C)C(C)=O)cc2)ccc1Cl. The average molecular weight is 498 g/mol. The minimum atomic E-state index is -4.09. The number of sulfonamides is 1. The maximum absolute atomic E-state index is 13.5. The van der Waals surface area contributed by atoms with Crippen molar-refractivity contribution in [2.75, 3.05) is 28.1 Å². The molecule has 0 aromatic heterocycles. The molecule has 2 amide bonds. The second-order valence-corrected chi connectivity index (χ2v) is 9.62. The van der Waals surface area contributed by atoms with Gasteiger partial charge in [0.2, 0.25) is 5.91 Å². The van der Waals surface area contributed by atoms with Gasteiger partial charge in [0.25, 0.3) is 15.9 Å². The molecule has 0 heterocycles. The summed E-state index contributed by atoms with van der Waals surface area (Å²) in [7, 11) is -2.44. The molecule has 7 nitrogen and oxygen atoms in total. The molecule has 0 aliphatic rings. The topological polar surface area (TPSA) is 86.8 Å². The number of amides is 2. The number of carbonyl (C=O) groups is 2. The lowest BCUT2D eigenvalue weighted by molar-refractivity contribution is -0.116. The van der Waals surface area contributed by atoms with E-state index in [9.17, 15) is 18.0 Å². The number of para-hydroxylation sites is 1. The molecule has 0 aliphatic carbocycles. The summed E-state index contributed by atoms with van der Waals surface area (Å²) in [6, 6.07) is 19.4. The summed E-state index contributed by atoms with van der Waals surface area (Å²) >= 11 is 6.25. The Morgan fingerprint density at radius 3 is 2.24 bits per heavy atom. The second kappa shape index (κ2) is 10.5. The summed E-state index contributed by atoms with van der Waals surface area (Å²) in [6.07, 6.45) is 1.47. The minimum absolute atomic E-state index is 0.00170. The predicted octanol–water partition coefficient (Wildman–Crippen LogP) is 4.96. The van der Waals surface area contributed by atoms with Gasteiger partial charge in [-0.25, -0.2) is 8.42 Å². The molecule has 3 rings (SSSR count). The van der Waals surface area contributed by atoms with Gasteiger partial charge in [-0.2, -0.15) is 0 Å². The fourth-order valence-electron chi connectivity index (χ4n) is 3.17. The van der Waals surface area contributed by atoms with E-state index in [-0.39, 0.29) is 27.9 Å². The summed E-state index contributed by atoms with van der Waals surface area (Å²) < 4.78 is 28.1. The molecule has 3 aromatic rings. The molecular formula is C25H24ClN3O4S. The van der Waals surface area contributed by atoms with Crippen LogP contribution in [-0.4, -0.2) is 33.8 Å². The minimum Gasteiger partial charge on any atom is -0.322 e. The quantitative estimate of drug-likeness (QED) is 0.446. The Balaban J connectivity index is 1.90. The molecule has 0 fully saturated rings. The van der Waals surface area contributed by atoms with E-state index in [0.29, 0.717) is 17.1 Å². The lowest BCUT2D eigenvalue weighted by Crippen LogP contribution is -2.31. The van der Waals surface area contributed by atoms with Gasteiger partial charge in [-0.1, -0.05) is 35.9 Å². The van der Waals surface area contributed by atoms with Gasteiger partial charge in [-0.3, -0.25) is 13.9 Å². The Bertz CT molecular complexity index is 1310. The molecule has 0 saturated carbocycles. The van der Waals surface area contributed by atoms with Crippen molar-refractivity contribution in [3.8, 4) is 0 Å². The van der Waals surface area contributed by atoms with Gasteiger partial charge < -0.3 is 10.2 Å². The summed E-state index contributed by atoms with van der Waals surface area (Å²) in [5, 5.41) is 2.73. The smallest absolute Gasteiger partial charge is 0.266 e. The number of hydrogen-bond acceptors (Lipinski definition) is 4. The Labute approximate surface area is 204 Å². The number of halogens is 1. The largest absolute Gasteiger partial charge is 0.322 e. The van der Waals surface area contributed by atoms with E-state index in [1.807, 2.05) is 0 Å². The fraction of sp³-hybridized carbons (Fsp3) is 0.120. The van der Waals surface area contributed by atoms with E-state index >= 15 is 0 Å². The number of nitrogens with one attached hydrogen (secondary N) is 1. The van der Waals surface area contributed by atoms with Crippen molar-refractivity contribution in [3.63, 3.8) is 0 Å². The van der Waals surface area contributed by atoms with Crippen LogP contribution in [0.15, 0.2) is 90.3 Å². The van der Waals surface area contributed by atoms with Crippen LogP contribution in [0.4, 0.5) is 17.1 Å². The molecule has 34 heavy (non-hydrogen) atoms. The molecule has 0 saturated heterocycles. The maximum atomic E-state index is 13.5. The number of rotatable bonds is 8. The first-order chi connectivity index (χ1) is 16.1. The fourth-order valence-corrected chi connectivity index (χ4v) is 5.11. The van der Waals surface area contributed by atoms with E-state index in [2.05, 4.69) is 11.9 Å². The molecule has 0 unspecified atom stereocenters. The molecule has 0 bridgehead atoms. The highest BCUT2D eigenvalue weighted by Gasteiger charge is 2.27. The predicted molar refractivity (Wildman–Crippen MR) is 136 cm³/mol. The zero-order valence-electron chi connectivity index (χ0n) is 18.7. The van der Waals surface area contributed by atoms with Crippen LogP contribution in [-0.2, 0) is 14.8 Å². The third-order valence-corrected chi connectivity index (χ3v) is 7.36. The van der Waals surface area contributed by atoms with Crippen LogP contribution in [0.1, 0.15) is 17.3 Å². The van der Waals surface area contributed by atoms with Crippen LogP contribution >= 0.6 is 11.6 Å². The Hall–Kier alpha value is -3.62. The highest BCUT2D eigenvalue weighted by molar-refractivity contribution is 7.93. The van der Waals surface area contributed by atoms with Crippen molar-refractivity contribution in [1.29, 1.82) is 0 Å². The normalized spacial score (nSPS) is 10.9. The van der Waals surface area contributed by atoms with Crippen LogP contribution < -0.4 is 14.5 Å². The van der Waals surface area contributed by atoms with Crippen molar-refractivity contribution in [3.05, 3.63) is 96.0 Å². The summed E-state index contributed by atoms with van der Waals surface area (Å²) in [6.45, 7) is 5.13. The molecule has 9 heteroatoms. The third-order valence-electron chi connectivity index (χ3n) is 5.09. The van der Waals surface area contributed by atoms with Gasteiger partial charge in [0, 0.05) is 30.9 Å². The van der Waals surface area contributed by atoms with Crippen molar-refractivity contribution in [2.24, 2.45) is 0 Å². The van der Waals surface area contributed by atoms with Gasteiger partial charge in [0.05, 0.1) is 17.3 Å². The van der Waals surface area contributed by atoms with Gasteiger partial charge in [-0.05, 0) is 54.6 Å². The van der Waals surface area contributed by atoms with Crippen molar-refractivity contribution in [1.82, 2.24) is 0 Å². The highest BCUT2D eigenvalue weighted by Crippen LogP contribution is 2.30. The number of nitrogens with zero attached hydrogens (tertiary/aromatic N) is 2. The zero-order chi connectivity index (χ0) is 24.9. The zero-order valence-corrected chi connectivity index (χ0v) is 20.3. The van der Waals surface area contributed by atoms with Crippen molar-refractivity contribution >= 4 is 50.5 Å². The second-order valence-electron chi connectivity index (χ2n) is 7.38. The summed E-state index contributed by atoms with van der Waals surface area (Å²) in [5.74, 6) is -0.622.